The van der Waals surface area contributed by atoms with E-state index in [-0.39, 0.29) is 0 Å². The van der Waals surface area contributed by atoms with E-state index in [4.69, 9.17) is 4.74 Å². The van der Waals surface area contributed by atoms with Crippen LogP contribution in [0.15, 0.2) is 43.0 Å². The molecule has 0 spiro atoms. The molecule has 0 unspecified atom stereocenters. The molecule has 2 N–H and O–H groups in total. The number of hydrogen-bond acceptors (Lipinski definition) is 5. The van der Waals surface area contributed by atoms with Gasteiger partial charge >= 0.3 is 0 Å². The predicted molar refractivity (Wildman–Crippen MR) is 122 cm³/mol. The number of fused-ring (bicyclic) bond motifs is 3. The number of morpholine rings is 1. The number of aromatic amines is 1. The molecule has 6 nitrogen and oxygen atoms in total. The highest BCUT2D eigenvalue weighted by Gasteiger charge is 2.29. The Hall–Kier alpha value is -2.70. The summed E-state index contributed by atoms with van der Waals surface area (Å²) in [6.45, 7) is 3.94. The van der Waals surface area contributed by atoms with E-state index in [0.717, 1.165) is 44.2 Å². The zero-order chi connectivity index (χ0) is 20.6. The quantitative estimate of drug-likeness (QED) is 0.525. The third kappa shape index (κ3) is 3.64. The van der Waals surface area contributed by atoms with Crippen molar-refractivity contribution in [2.45, 2.75) is 44.2 Å². The molecule has 1 aromatic carbocycles. The molecule has 1 aliphatic heterocycles. The molecule has 3 aromatic rings. The molecule has 0 bridgehead atoms. The molecule has 0 radical (unpaired) electrons. The van der Waals surface area contributed by atoms with E-state index in [2.05, 4.69) is 49.4 Å². The van der Waals surface area contributed by atoms with Crippen molar-refractivity contribution in [3.63, 3.8) is 0 Å². The molecule has 6 heteroatoms. The highest BCUT2D eigenvalue weighted by Crippen LogP contribution is 2.42. The highest BCUT2D eigenvalue weighted by molar-refractivity contribution is 5.86. The normalized spacial score (nSPS) is 23.4. The predicted octanol–water partition coefficient (Wildman–Crippen LogP) is 4.10. The maximum absolute atomic E-state index is 5.52. The van der Waals surface area contributed by atoms with Crippen molar-refractivity contribution in [3.05, 3.63) is 54.2 Å². The van der Waals surface area contributed by atoms with Crippen molar-refractivity contribution < 1.29 is 4.74 Å². The lowest BCUT2D eigenvalue weighted by molar-refractivity contribution is 0.00791. The fraction of sp³-hybridized carbons (Fsp3) is 0.440. The van der Waals surface area contributed by atoms with Crippen molar-refractivity contribution in [1.82, 2.24) is 19.9 Å². The first-order valence-corrected chi connectivity index (χ1v) is 11.5. The van der Waals surface area contributed by atoms with Crippen LogP contribution in [-0.4, -0.2) is 58.2 Å². The number of anilines is 1. The molecule has 2 aliphatic carbocycles. The summed E-state index contributed by atoms with van der Waals surface area (Å²) in [5.74, 6) is 1.00. The van der Waals surface area contributed by atoms with Gasteiger partial charge in [0.2, 0.25) is 0 Å². The minimum atomic E-state index is 0.480. The molecule has 0 atom stereocenters. The van der Waals surface area contributed by atoms with Gasteiger partial charge in [0.15, 0.2) is 0 Å². The van der Waals surface area contributed by atoms with Crippen molar-refractivity contribution in [2.24, 2.45) is 0 Å². The van der Waals surface area contributed by atoms with Crippen LogP contribution >= 0.6 is 0 Å². The monoisotopic (exact) mass is 415 g/mol. The number of H-pyrrole nitrogens is 1. The molecule has 1 saturated carbocycles. The van der Waals surface area contributed by atoms with Gasteiger partial charge in [-0.25, -0.2) is 9.97 Å². The standard InChI is InChI=1S/C25H29N5O/c1-2-18-14-23-24(22(18)13-17(1)19-7-8-26-15-19)25(28-16-27-23)29-20-3-5-21(6-4-20)30-9-11-31-12-10-30/h1-2,7-8,13,15-16,20-21,26H,3-6,9-12,14H2,(H,27,28,29). The van der Waals surface area contributed by atoms with Crippen molar-refractivity contribution in [1.29, 1.82) is 0 Å². The van der Waals surface area contributed by atoms with E-state index in [0.29, 0.717) is 12.1 Å². The molecule has 0 amide bonds. The summed E-state index contributed by atoms with van der Waals surface area (Å²) in [7, 11) is 0. The van der Waals surface area contributed by atoms with Gasteiger partial charge in [0.1, 0.15) is 12.1 Å². The summed E-state index contributed by atoms with van der Waals surface area (Å²) in [6.07, 6.45) is 11.5. The molecule has 160 valence electrons. The number of benzene rings is 1. The first-order chi connectivity index (χ1) is 15.3. The Morgan fingerprint density at radius 2 is 1.87 bits per heavy atom. The maximum Gasteiger partial charge on any atom is 0.137 e. The average molecular weight is 416 g/mol. The van der Waals surface area contributed by atoms with Crippen LogP contribution in [-0.2, 0) is 11.2 Å². The Morgan fingerprint density at radius 3 is 2.68 bits per heavy atom. The molecule has 31 heavy (non-hydrogen) atoms. The first-order valence-electron chi connectivity index (χ1n) is 11.5. The first kappa shape index (κ1) is 19.0. The Balaban J connectivity index is 1.21. The molecule has 6 rings (SSSR count). The van der Waals surface area contributed by atoms with E-state index in [1.165, 1.54) is 53.5 Å². The molecule has 3 aliphatic rings. The van der Waals surface area contributed by atoms with Gasteiger partial charge < -0.3 is 15.0 Å². The van der Waals surface area contributed by atoms with E-state index < -0.39 is 0 Å². The topological polar surface area (TPSA) is 66.1 Å². The molecular weight excluding hydrogens is 386 g/mol. The zero-order valence-corrected chi connectivity index (χ0v) is 17.8. The second-order valence-corrected chi connectivity index (χ2v) is 8.99. The Bertz CT molecular complexity index is 1050. The lowest BCUT2D eigenvalue weighted by Gasteiger charge is -2.39. The summed E-state index contributed by atoms with van der Waals surface area (Å²) in [4.78, 5) is 15.1. The van der Waals surface area contributed by atoms with Crippen LogP contribution < -0.4 is 5.32 Å². The second-order valence-electron chi connectivity index (χ2n) is 8.99. The Kier molecular flexibility index (Phi) is 4.97. The molecular formula is C25H29N5O. The van der Waals surface area contributed by atoms with E-state index in [1.807, 2.05) is 12.4 Å². The Labute approximate surface area is 183 Å². The van der Waals surface area contributed by atoms with Crippen molar-refractivity contribution >= 4 is 5.82 Å². The maximum atomic E-state index is 5.52. The van der Waals surface area contributed by atoms with Crippen LogP contribution in [0, 0.1) is 0 Å². The lowest BCUT2D eigenvalue weighted by Crippen LogP contribution is -2.46. The number of nitrogens with zero attached hydrogens (tertiary/aromatic N) is 3. The van der Waals surface area contributed by atoms with Gasteiger partial charge in [0, 0.05) is 49.6 Å². The van der Waals surface area contributed by atoms with E-state index >= 15 is 0 Å². The number of nitrogens with one attached hydrogen (secondary N) is 2. The summed E-state index contributed by atoms with van der Waals surface area (Å²) < 4.78 is 5.52. The molecule has 1 saturated heterocycles. The van der Waals surface area contributed by atoms with Gasteiger partial charge in [-0.2, -0.15) is 0 Å². The summed E-state index contributed by atoms with van der Waals surface area (Å²) in [5.41, 5.74) is 7.40. The third-order valence-corrected chi connectivity index (χ3v) is 7.19. The number of hydrogen-bond donors (Lipinski definition) is 2. The van der Waals surface area contributed by atoms with Crippen LogP contribution in [0.1, 0.15) is 36.9 Å². The summed E-state index contributed by atoms with van der Waals surface area (Å²) in [6, 6.07) is 10.1. The second kappa shape index (κ2) is 8.09. The van der Waals surface area contributed by atoms with E-state index in [9.17, 15) is 0 Å². The van der Waals surface area contributed by atoms with Crippen LogP contribution in [0.4, 0.5) is 5.82 Å². The van der Waals surface area contributed by atoms with E-state index in [1.54, 1.807) is 6.33 Å². The summed E-state index contributed by atoms with van der Waals surface area (Å²) >= 11 is 0. The molecule has 2 aromatic heterocycles. The van der Waals surface area contributed by atoms with Crippen LogP contribution in [0.25, 0.3) is 22.3 Å². The van der Waals surface area contributed by atoms with Crippen LogP contribution in [0.2, 0.25) is 0 Å². The fourth-order valence-electron chi connectivity index (χ4n) is 5.50. The van der Waals surface area contributed by atoms with Gasteiger partial charge in [-0.3, -0.25) is 4.90 Å². The van der Waals surface area contributed by atoms with Gasteiger partial charge in [-0.15, -0.1) is 0 Å². The van der Waals surface area contributed by atoms with Crippen molar-refractivity contribution in [3.8, 4) is 22.3 Å². The largest absolute Gasteiger partial charge is 0.379 e. The average Bonchev–Trinajstić information content (AvgIpc) is 3.48. The Morgan fingerprint density at radius 1 is 1.00 bits per heavy atom. The zero-order valence-electron chi connectivity index (χ0n) is 17.8. The number of ether oxygens (including phenoxy) is 1. The van der Waals surface area contributed by atoms with Gasteiger partial charge in [0.05, 0.1) is 18.9 Å². The van der Waals surface area contributed by atoms with Gasteiger partial charge in [-0.1, -0.05) is 12.1 Å². The van der Waals surface area contributed by atoms with Gasteiger partial charge in [0.25, 0.3) is 0 Å². The summed E-state index contributed by atoms with van der Waals surface area (Å²) in [5, 5.41) is 3.80. The van der Waals surface area contributed by atoms with Crippen molar-refractivity contribution in [2.75, 3.05) is 31.6 Å². The molecule has 2 fully saturated rings. The smallest absolute Gasteiger partial charge is 0.137 e. The third-order valence-electron chi connectivity index (χ3n) is 7.19. The number of rotatable bonds is 4. The van der Waals surface area contributed by atoms with Crippen LogP contribution in [0.5, 0.6) is 0 Å². The minimum Gasteiger partial charge on any atom is -0.379 e. The highest BCUT2D eigenvalue weighted by atomic mass is 16.5. The fourth-order valence-corrected chi connectivity index (χ4v) is 5.50. The van der Waals surface area contributed by atoms with Gasteiger partial charge in [-0.05, 0) is 60.1 Å². The lowest BCUT2D eigenvalue weighted by atomic mass is 9.89. The van der Waals surface area contributed by atoms with Crippen LogP contribution in [0.3, 0.4) is 0 Å². The minimum absolute atomic E-state index is 0.480. The molecule has 3 heterocycles. The number of aromatic nitrogens is 3. The SMILES string of the molecule is c1nc2c(c(NC3CCC(N4CCOCC4)CC3)n1)-c1cc(-c3cc[nH]c3)ccc1C2.